The van der Waals surface area contributed by atoms with Crippen LogP contribution in [0.4, 0.5) is 0 Å². The number of hydrogen-bond donors (Lipinski definition) is 1. The summed E-state index contributed by atoms with van der Waals surface area (Å²) in [5.41, 5.74) is 5.24. The molecule has 0 aromatic heterocycles. The summed E-state index contributed by atoms with van der Waals surface area (Å²) in [4.78, 5) is 0. The molecule has 0 saturated carbocycles. The monoisotopic (exact) mass is 214 g/mol. The van der Waals surface area contributed by atoms with E-state index < -0.39 is 14.5 Å². The summed E-state index contributed by atoms with van der Waals surface area (Å²) in [6.45, 7) is 0.441. The summed E-state index contributed by atoms with van der Waals surface area (Å²) in [6, 6.07) is 0. The normalized spacial score (nSPS) is 28.1. The standard InChI is InChI=1S/C3H7NO3P.2K/c4-3-1-2-6-8(5)7-3;;/h3H,1-2,4H2;;/q+1;;. The molecule has 4 nitrogen and oxygen atoms in total. The first-order valence-corrected chi connectivity index (χ1v) is 3.41. The maximum atomic E-state index is 10.3. The molecular formula is C3H7K2NO3P+. The second-order valence-electron chi connectivity index (χ2n) is 1.49. The summed E-state index contributed by atoms with van der Waals surface area (Å²) < 4.78 is 19.4. The fraction of sp³-hybridized carbons (Fsp3) is 1.00. The molecule has 1 fully saturated rings. The molecule has 1 saturated heterocycles. The first kappa shape index (κ1) is 15.7. The van der Waals surface area contributed by atoms with E-state index in [0.717, 1.165) is 0 Å². The third-order valence-corrected chi connectivity index (χ3v) is 1.66. The van der Waals surface area contributed by atoms with E-state index in [9.17, 15) is 4.57 Å². The predicted octanol–water partition coefficient (Wildman–Crippen LogP) is -0.396. The molecule has 48 valence electrons. The van der Waals surface area contributed by atoms with Crippen molar-refractivity contribution in [2.75, 3.05) is 6.61 Å². The van der Waals surface area contributed by atoms with Crippen LogP contribution in [0.1, 0.15) is 6.42 Å². The van der Waals surface area contributed by atoms with Gasteiger partial charge in [0.05, 0.1) is 0 Å². The van der Waals surface area contributed by atoms with Gasteiger partial charge in [0.2, 0.25) is 0 Å². The van der Waals surface area contributed by atoms with Gasteiger partial charge in [0, 0.05) is 114 Å². The van der Waals surface area contributed by atoms with Gasteiger partial charge >= 0.3 is 8.25 Å². The summed E-state index contributed by atoms with van der Waals surface area (Å²) in [7, 11) is -1.91. The number of nitrogens with two attached hydrogens (primary N) is 1. The van der Waals surface area contributed by atoms with Gasteiger partial charge in [-0.1, -0.05) is 0 Å². The van der Waals surface area contributed by atoms with Crippen molar-refractivity contribution in [2.24, 2.45) is 5.73 Å². The molecule has 10 heavy (non-hydrogen) atoms. The van der Waals surface area contributed by atoms with E-state index in [4.69, 9.17) is 5.73 Å². The maximum Gasteiger partial charge on any atom is 0.699 e. The topological polar surface area (TPSA) is 61.5 Å². The van der Waals surface area contributed by atoms with Crippen LogP contribution in [0.5, 0.6) is 0 Å². The Labute approximate surface area is 146 Å². The molecule has 1 aliphatic heterocycles. The van der Waals surface area contributed by atoms with E-state index in [1.54, 1.807) is 0 Å². The quantitative estimate of drug-likeness (QED) is 0.440. The van der Waals surface area contributed by atoms with Gasteiger partial charge in [-0.3, -0.25) is 0 Å². The SMILES string of the molecule is NC1CCO[P+](=O)O1.[K].[K]. The molecule has 2 unspecified atom stereocenters. The van der Waals surface area contributed by atoms with Crippen LogP contribution in [-0.2, 0) is 13.6 Å². The van der Waals surface area contributed by atoms with Gasteiger partial charge in [0.15, 0.2) is 6.23 Å². The Hall–Kier alpha value is 3.25. The zero-order chi connectivity index (χ0) is 5.98. The average Bonchev–Trinajstić information content (AvgIpc) is 1.64. The largest absolute Gasteiger partial charge is 0.699 e. The van der Waals surface area contributed by atoms with Gasteiger partial charge in [0.1, 0.15) is 6.61 Å². The minimum atomic E-state index is -1.91. The van der Waals surface area contributed by atoms with E-state index in [-0.39, 0.29) is 103 Å². The minimum absolute atomic E-state index is 0. The molecule has 0 aromatic carbocycles. The molecule has 1 rings (SSSR count). The fourth-order valence-electron chi connectivity index (χ4n) is 0.437. The van der Waals surface area contributed by atoms with E-state index >= 15 is 0 Å². The van der Waals surface area contributed by atoms with E-state index in [1.807, 2.05) is 0 Å². The first-order chi connectivity index (χ1) is 3.79. The van der Waals surface area contributed by atoms with Crippen LogP contribution in [0.3, 0.4) is 0 Å². The van der Waals surface area contributed by atoms with Crippen LogP contribution in [-0.4, -0.2) is 116 Å². The molecule has 2 N–H and O–H groups in total. The Balaban J connectivity index is 0. The second-order valence-corrected chi connectivity index (χ2v) is 2.41. The zero-order valence-electron chi connectivity index (χ0n) is 6.24. The van der Waals surface area contributed by atoms with Crippen molar-refractivity contribution >= 4 is 111 Å². The first-order valence-electron chi connectivity index (χ1n) is 2.31. The van der Waals surface area contributed by atoms with E-state index in [2.05, 4.69) is 9.05 Å². The molecule has 1 heterocycles. The van der Waals surface area contributed by atoms with Crippen LogP contribution in [0.15, 0.2) is 0 Å². The van der Waals surface area contributed by atoms with Crippen molar-refractivity contribution in [1.82, 2.24) is 0 Å². The van der Waals surface area contributed by atoms with Crippen molar-refractivity contribution in [3.63, 3.8) is 0 Å². The van der Waals surface area contributed by atoms with E-state index in [1.165, 1.54) is 0 Å². The molecule has 0 spiro atoms. The van der Waals surface area contributed by atoms with E-state index in [0.29, 0.717) is 13.0 Å². The molecule has 2 radical (unpaired) electrons. The molecule has 1 aliphatic rings. The second kappa shape index (κ2) is 8.83. The van der Waals surface area contributed by atoms with Crippen LogP contribution in [0.25, 0.3) is 0 Å². The van der Waals surface area contributed by atoms with Crippen LogP contribution in [0.2, 0.25) is 0 Å². The Morgan fingerprint density at radius 2 is 2.10 bits per heavy atom. The fourth-order valence-corrected chi connectivity index (χ4v) is 1.08. The molecule has 2 atom stereocenters. The minimum Gasteiger partial charge on any atom is -0.302 e. The zero-order valence-corrected chi connectivity index (χ0v) is 13.4. The van der Waals surface area contributed by atoms with Crippen molar-refractivity contribution in [3.8, 4) is 0 Å². The van der Waals surface area contributed by atoms with Gasteiger partial charge in [-0.2, -0.15) is 0 Å². The smallest absolute Gasteiger partial charge is 0.302 e. The number of hydrogen-bond acceptors (Lipinski definition) is 4. The average molecular weight is 214 g/mol. The summed E-state index contributed by atoms with van der Waals surface area (Å²) in [6.07, 6.45) is 0.230. The van der Waals surface area contributed by atoms with Crippen LogP contribution < -0.4 is 5.73 Å². The van der Waals surface area contributed by atoms with Gasteiger partial charge < -0.3 is 5.73 Å². The van der Waals surface area contributed by atoms with Crippen molar-refractivity contribution < 1.29 is 13.6 Å². The van der Waals surface area contributed by atoms with Crippen LogP contribution in [0, 0.1) is 0 Å². The third-order valence-electron chi connectivity index (χ3n) is 0.821. The molecule has 0 amide bonds. The summed E-state index contributed by atoms with van der Waals surface area (Å²) in [5, 5.41) is 0. The Kier molecular flexibility index (Phi) is 13.9. The Morgan fingerprint density at radius 1 is 1.50 bits per heavy atom. The summed E-state index contributed by atoms with van der Waals surface area (Å²) >= 11 is 0. The molecule has 0 aromatic rings. The Bertz CT molecular complexity index is 114. The molecule has 0 bridgehead atoms. The molecule has 7 heteroatoms. The Morgan fingerprint density at radius 3 is 2.40 bits per heavy atom. The van der Waals surface area contributed by atoms with Crippen molar-refractivity contribution in [3.05, 3.63) is 0 Å². The van der Waals surface area contributed by atoms with Gasteiger partial charge in [-0.15, -0.1) is 9.05 Å². The van der Waals surface area contributed by atoms with Crippen LogP contribution >= 0.6 is 8.25 Å². The van der Waals surface area contributed by atoms with Gasteiger partial charge in [-0.05, 0) is 0 Å². The van der Waals surface area contributed by atoms with Crippen molar-refractivity contribution in [1.29, 1.82) is 0 Å². The summed E-state index contributed by atoms with van der Waals surface area (Å²) in [5.74, 6) is 0. The van der Waals surface area contributed by atoms with Gasteiger partial charge in [-0.25, -0.2) is 0 Å². The van der Waals surface area contributed by atoms with Crippen molar-refractivity contribution in [2.45, 2.75) is 12.6 Å². The molecular weight excluding hydrogens is 207 g/mol. The maximum absolute atomic E-state index is 10.3. The number of rotatable bonds is 0. The predicted molar refractivity (Wildman–Crippen MR) is 38.7 cm³/mol. The molecule has 0 aliphatic carbocycles. The third kappa shape index (κ3) is 6.73. The van der Waals surface area contributed by atoms with Gasteiger partial charge in [0.25, 0.3) is 0 Å².